The minimum atomic E-state index is -0.134. The summed E-state index contributed by atoms with van der Waals surface area (Å²) in [5.74, 6) is -0.0846. The maximum Gasteiger partial charge on any atom is 0.234 e. The minimum absolute atomic E-state index is 0.0208. The Bertz CT molecular complexity index is 475. The van der Waals surface area contributed by atoms with Crippen molar-refractivity contribution < 1.29 is 9.53 Å². The van der Waals surface area contributed by atoms with Crippen LogP contribution < -0.4 is 5.32 Å². The zero-order valence-corrected chi connectivity index (χ0v) is 13.6. The van der Waals surface area contributed by atoms with Crippen LogP contribution >= 0.6 is 11.6 Å². The van der Waals surface area contributed by atoms with Crippen LogP contribution in [0.5, 0.6) is 0 Å². The molecule has 1 N–H and O–H groups in total. The van der Waals surface area contributed by atoms with Crippen LogP contribution in [-0.2, 0) is 14.9 Å². The monoisotopic (exact) mass is 309 g/mol. The fraction of sp³-hybridized carbons (Fsp3) is 0.588. The summed E-state index contributed by atoms with van der Waals surface area (Å²) in [6.45, 7) is 5.68. The van der Waals surface area contributed by atoms with Crippen molar-refractivity contribution in [2.45, 2.75) is 44.1 Å². The number of carbonyl (C=O) groups excluding carboxylic acids is 1. The lowest BCUT2D eigenvalue weighted by molar-refractivity contribution is -0.118. The van der Waals surface area contributed by atoms with Crippen molar-refractivity contribution in [3.8, 4) is 0 Å². The fourth-order valence-corrected chi connectivity index (χ4v) is 3.46. The Morgan fingerprint density at radius 2 is 2.05 bits per heavy atom. The molecule has 21 heavy (non-hydrogen) atoms. The first-order valence-electron chi connectivity index (χ1n) is 7.50. The van der Waals surface area contributed by atoms with Gasteiger partial charge in [0.2, 0.25) is 5.91 Å². The van der Waals surface area contributed by atoms with Crippen LogP contribution in [-0.4, -0.2) is 30.5 Å². The maximum atomic E-state index is 11.4. The van der Waals surface area contributed by atoms with Gasteiger partial charge in [0.15, 0.2) is 0 Å². The highest BCUT2D eigenvalue weighted by Crippen LogP contribution is 2.43. The van der Waals surface area contributed by atoms with E-state index in [-0.39, 0.29) is 22.8 Å². The lowest BCUT2D eigenvalue weighted by atomic mass is 9.67. The van der Waals surface area contributed by atoms with Crippen molar-refractivity contribution in [2.75, 3.05) is 19.0 Å². The summed E-state index contributed by atoms with van der Waals surface area (Å²) in [4.78, 5) is 11.4. The number of nitrogens with one attached hydrogen (secondary N) is 1. The average Bonchev–Trinajstić information content (AvgIpc) is 2.47. The highest BCUT2D eigenvalue weighted by molar-refractivity contribution is 6.27. The van der Waals surface area contributed by atoms with Gasteiger partial charge in [-0.05, 0) is 38.7 Å². The lowest BCUT2D eigenvalue weighted by Crippen LogP contribution is -2.45. The molecule has 0 unspecified atom stereocenters. The number of hydrogen-bond donors (Lipinski definition) is 1. The van der Waals surface area contributed by atoms with Crippen molar-refractivity contribution in [3.05, 3.63) is 35.9 Å². The Hall–Kier alpha value is -1.06. The third kappa shape index (κ3) is 4.21. The normalized spacial score (nSPS) is 24.5. The summed E-state index contributed by atoms with van der Waals surface area (Å²) in [5.41, 5.74) is 1.26. The summed E-state index contributed by atoms with van der Waals surface area (Å²) in [5, 5.41) is 2.89. The van der Waals surface area contributed by atoms with Crippen LogP contribution in [0.1, 0.15) is 38.7 Å². The van der Waals surface area contributed by atoms with Crippen LogP contribution in [0, 0.1) is 0 Å². The molecule has 1 aromatic carbocycles. The molecule has 1 aromatic rings. The van der Waals surface area contributed by atoms with Gasteiger partial charge >= 0.3 is 0 Å². The van der Waals surface area contributed by atoms with Gasteiger partial charge in [-0.3, -0.25) is 4.79 Å². The Labute approximate surface area is 132 Å². The molecule has 0 aromatic heterocycles. The van der Waals surface area contributed by atoms with E-state index in [1.54, 1.807) is 0 Å². The van der Waals surface area contributed by atoms with Crippen molar-refractivity contribution in [1.29, 1.82) is 0 Å². The summed E-state index contributed by atoms with van der Waals surface area (Å²) in [6.07, 6.45) is 2.85. The number of halogens is 1. The van der Waals surface area contributed by atoms with Gasteiger partial charge in [0.25, 0.3) is 0 Å². The smallest absolute Gasteiger partial charge is 0.234 e. The molecule has 1 heterocycles. The summed E-state index contributed by atoms with van der Waals surface area (Å²) in [6, 6.07) is 10.6. The van der Waals surface area contributed by atoms with E-state index in [4.69, 9.17) is 16.3 Å². The highest BCUT2D eigenvalue weighted by atomic mass is 35.5. The molecule has 0 spiro atoms. The molecule has 3 nitrogen and oxygen atoms in total. The molecule has 2 rings (SSSR count). The number of alkyl halides is 1. The van der Waals surface area contributed by atoms with Crippen LogP contribution in [0.3, 0.4) is 0 Å². The third-order valence-electron chi connectivity index (χ3n) is 4.27. The molecule has 0 bridgehead atoms. The second-order valence-corrected chi connectivity index (χ2v) is 6.68. The van der Waals surface area contributed by atoms with Gasteiger partial charge in [-0.2, -0.15) is 0 Å². The molecular formula is C17H24ClNO2. The zero-order valence-electron chi connectivity index (χ0n) is 12.8. The minimum Gasteiger partial charge on any atom is -0.376 e. The van der Waals surface area contributed by atoms with E-state index in [0.717, 1.165) is 25.9 Å². The molecule has 0 aliphatic carbocycles. The van der Waals surface area contributed by atoms with Gasteiger partial charge in [-0.1, -0.05) is 30.3 Å². The predicted molar refractivity (Wildman–Crippen MR) is 85.7 cm³/mol. The van der Waals surface area contributed by atoms with Crippen LogP contribution in [0.4, 0.5) is 0 Å². The molecule has 1 amide bonds. The van der Waals surface area contributed by atoms with E-state index in [2.05, 4.69) is 43.4 Å². The molecule has 1 fully saturated rings. The molecule has 0 saturated carbocycles. The molecule has 0 radical (unpaired) electrons. The SMILES string of the molecule is CC1(C)C[C@](CCNC(=O)CCl)(c2ccccc2)CCO1. The van der Waals surface area contributed by atoms with Gasteiger partial charge in [0.05, 0.1) is 5.60 Å². The molecule has 116 valence electrons. The zero-order chi connectivity index (χ0) is 15.3. The maximum absolute atomic E-state index is 11.4. The van der Waals surface area contributed by atoms with Gasteiger partial charge in [0.1, 0.15) is 5.88 Å². The number of amides is 1. The van der Waals surface area contributed by atoms with E-state index in [1.807, 2.05) is 6.07 Å². The van der Waals surface area contributed by atoms with Gasteiger partial charge in [-0.15, -0.1) is 11.6 Å². The third-order valence-corrected chi connectivity index (χ3v) is 4.51. The van der Waals surface area contributed by atoms with Crippen LogP contribution in [0.15, 0.2) is 30.3 Å². The second-order valence-electron chi connectivity index (χ2n) is 6.41. The molecule has 1 saturated heterocycles. The van der Waals surface area contributed by atoms with E-state index in [1.165, 1.54) is 5.56 Å². The van der Waals surface area contributed by atoms with Crippen LogP contribution in [0.25, 0.3) is 0 Å². The first-order chi connectivity index (χ1) is 9.97. The van der Waals surface area contributed by atoms with Gasteiger partial charge < -0.3 is 10.1 Å². The molecule has 4 heteroatoms. The van der Waals surface area contributed by atoms with E-state index < -0.39 is 0 Å². The number of ether oxygens (including phenoxy) is 1. The molecule has 1 aliphatic rings. The summed E-state index contributed by atoms with van der Waals surface area (Å²) < 4.78 is 5.88. The second kappa shape index (κ2) is 6.80. The number of hydrogen-bond acceptors (Lipinski definition) is 2. The first kappa shape index (κ1) is 16.3. The Kier molecular flexibility index (Phi) is 5.28. The topological polar surface area (TPSA) is 38.3 Å². The fourth-order valence-electron chi connectivity index (χ4n) is 3.36. The largest absolute Gasteiger partial charge is 0.376 e. The van der Waals surface area contributed by atoms with Crippen molar-refractivity contribution in [1.82, 2.24) is 5.32 Å². The average molecular weight is 310 g/mol. The van der Waals surface area contributed by atoms with Crippen molar-refractivity contribution in [3.63, 3.8) is 0 Å². The summed E-state index contributed by atoms with van der Waals surface area (Å²) >= 11 is 5.54. The molecule has 1 aliphatic heterocycles. The summed E-state index contributed by atoms with van der Waals surface area (Å²) in [7, 11) is 0. The van der Waals surface area contributed by atoms with Gasteiger partial charge in [0, 0.05) is 18.6 Å². The quantitative estimate of drug-likeness (QED) is 0.848. The van der Waals surface area contributed by atoms with E-state index in [9.17, 15) is 4.79 Å². The van der Waals surface area contributed by atoms with Gasteiger partial charge in [-0.25, -0.2) is 0 Å². The Balaban J connectivity index is 2.16. The number of carbonyl (C=O) groups is 1. The highest BCUT2D eigenvalue weighted by Gasteiger charge is 2.41. The molecular weight excluding hydrogens is 286 g/mol. The van der Waals surface area contributed by atoms with Crippen LogP contribution in [0.2, 0.25) is 0 Å². The van der Waals surface area contributed by atoms with E-state index in [0.29, 0.717) is 6.54 Å². The lowest BCUT2D eigenvalue weighted by Gasteiger charge is -2.45. The van der Waals surface area contributed by atoms with Crippen molar-refractivity contribution >= 4 is 17.5 Å². The Morgan fingerprint density at radius 3 is 2.67 bits per heavy atom. The molecule has 1 atom stereocenters. The van der Waals surface area contributed by atoms with Crippen molar-refractivity contribution in [2.24, 2.45) is 0 Å². The standard InChI is InChI=1S/C17H24ClNO2/c1-16(2)13-17(9-11-21-16,8-10-19-15(20)12-18)14-6-4-3-5-7-14/h3-7H,8-13H2,1-2H3,(H,19,20)/t17-/m1/s1. The number of benzene rings is 1. The van der Waals surface area contributed by atoms with E-state index >= 15 is 0 Å². The Morgan fingerprint density at radius 1 is 1.33 bits per heavy atom. The first-order valence-corrected chi connectivity index (χ1v) is 8.03. The predicted octanol–water partition coefficient (Wildman–Crippen LogP) is 3.26. The number of rotatable bonds is 5.